The third-order valence-electron chi connectivity index (χ3n) is 6.42. The molecule has 1 aromatic rings. The maximum Gasteiger partial charge on any atom is 0.118 e. The molecule has 0 spiro atoms. The number of benzene rings is 1. The van der Waals surface area contributed by atoms with Crippen molar-refractivity contribution in [3.05, 3.63) is 29.3 Å². The van der Waals surface area contributed by atoms with Gasteiger partial charge >= 0.3 is 0 Å². The van der Waals surface area contributed by atoms with Gasteiger partial charge < -0.3 is 5.11 Å². The molecule has 98 valence electrons. The molecular weight excluding hydrogens is 220 g/mol. The SMILES string of the molecule is Cc1cc([C@@H]2C[C@@H]3CC[C@]2(C)C3(C)C)ccc1O. The van der Waals surface area contributed by atoms with Gasteiger partial charge in [0, 0.05) is 0 Å². The normalized spacial score (nSPS) is 37.1. The zero-order valence-corrected chi connectivity index (χ0v) is 12.0. The van der Waals surface area contributed by atoms with Crippen molar-refractivity contribution in [1.82, 2.24) is 0 Å². The smallest absolute Gasteiger partial charge is 0.118 e. The molecule has 1 aromatic carbocycles. The van der Waals surface area contributed by atoms with Gasteiger partial charge in [0.05, 0.1) is 0 Å². The van der Waals surface area contributed by atoms with Crippen LogP contribution in [0.2, 0.25) is 0 Å². The second-order valence-electron chi connectivity index (χ2n) is 7.21. The predicted octanol–water partition coefficient (Wildman–Crippen LogP) is 4.63. The van der Waals surface area contributed by atoms with Gasteiger partial charge in [0.2, 0.25) is 0 Å². The molecule has 0 unspecified atom stereocenters. The van der Waals surface area contributed by atoms with Crippen molar-refractivity contribution in [2.75, 3.05) is 0 Å². The number of fused-ring (bicyclic) bond motifs is 2. The topological polar surface area (TPSA) is 20.2 Å². The summed E-state index contributed by atoms with van der Waals surface area (Å²) in [4.78, 5) is 0. The summed E-state index contributed by atoms with van der Waals surface area (Å²) in [5.74, 6) is 1.97. The van der Waals surface area contributed by atoms with Gasteiger partial charge in [-0.25, -0.2) is 0 Å². The number of phenolic OH excluding ortho intramolecular Hbond substituents is 1. The van der Waals surface area contributed by atoms with Crippen molar-refractivity contribution in [1.29, 1.82) is 0 Å². The van der Waals surface area contributed by atoms with Crippen LogP contribution in [0.5, 0.6) is 5.75 Å². The Morgan fingerprint density at radius 2 is 1.94 bits per heavy atom. The Morgan fingerprint density at radius 3 is 2.44 bits per heavy atom. The Kier molecular flexibility index (Phi) is 2.36. The van der Waals surface area contributed by atoms with Crippen molar-refractivity contribution in [3.8, 4) is 5.75 Å². The first kappa shape index (κ1) is 12.1. The first-order valence-electron chi connectivity index (χ1n) is 7.16. The summed E-state index contributed by atoms with van der Waals surface area (Å²) in [5.41, 5.74) is 3.34. The fourth-order valence-electron chi connectivity index (χ4n) is 4.60. The molecule has 1 heteroatoms. The second kappa shape index (κ2) is 3.53. The number of phenols is 1. The number of aryl methyl sites for hydroxylation is 1. The molecule has 3 atom stereocenters. The minimum Gasteiger partial charge on any atom is -0.508 e. The molecule has 0 aromatic heterocycles. The molecule has 2 bridgehead atoms. The Morgan fingerprint density at radius 1 is 1.22 bits per heavy atom. The summed E-state index contributed by atoms with van der Waals surface area (Å²) in [6.07, 6.45) is 4.08. The summed E-state index contributed by atoms with van der Waals surface area (Å²) in [7, 11) is 0. The molecule has 1 N–H and O–H groups in total. The highest BCUT2D eigenvalue weighted by Gasteiger charge is 2.61. The van der Waals surface area contributed by atoms with Crippen LogP contribution < -0.4 is 0 Å². The van der Waals surface area contributed by atoms with E-state index in [0.29, 0.717) is 22.5 Å². The standard InChI is InChI=1S/C17H24O/c1-11-9-12(5-6-15(11)18)14-10-13-7-8-17(14,4)16(13,2)3/h5-6,9,13-14,18H,7-8,10H2,1-4H3/t13-,14-,17-/m0/s1. The quantitative estimate of drug-likeness (QED) is 0.763. The van der Waals surface area contributed by atoms with Crippen LogP contribution in [0.1, 0.15) is 57.1 Å². The molecule has 1 nitrogen and oxygen atoms in total. The summed E-state index contributed by atoms with van der Waals surface area (Å²) in [6.45, 7) is 9.39. The van der Waals surface area contributed by atoms with Gasteiger partial charge in [0.1, 0.15) is 5.75 Å². The molecule has 0 radical (unpaired) electrons. The summed E-state index contributed by atoms with van der Waals surface area (Å²) >= 11 is 0. The average Bonchev–Trinajstić information content (AvgIpc) is 2.65. The number of hydrogen-bond acceptors (Lipinski definition) is 1. The van der Waals surface area contributed by atoms with Gasteiger partial charge in [-0.3, -0.25) is 0 Å². The third-order valence-corrected chi connectivity index (χ3v) is 6.42. The highest BCUT2D eigenvalue weighted by molar-refractivity contribution is 5.38. The van der Waals surface area contributed by atoms with Gasteiger partial charge in [-0.15, -0.1) is 0 Å². The monoisotopic (exact) mass is 244 g/mol. The average molecular weight is 244 g/mol. The molecular formula is C17H24O. The Hall–Kier alpha value is -0.980. The van der Waals surface area contributed by atoms with Gasteiger partial charge in [0.25, 0.3) is 0 Å². The molecule has 0 saturated heterocycles. The van der Waals surface area contributed by atoms with Gasteiger partial charge in [-0.05, 0) is 66.0 Å². The van der Waals surface area contributed by atoms with Crippen LogP contribution >= 0.6 is 0 Å². The number of aromatic hydroxyl groups is 1. The lowest BCUT2D eigenvalue weighted by Gasteiger charge is -2.39. The first-order chi connectivity index (χ1) is 8.36. The lowest BCUT2D eigenvalue weighted by molar-refractivity contribution is 0.134. The van der Waals surface area contributed by atoms with E-state index < -0.39 is 0 Å². The molecule has 2 aliphatic rings. The fourth-order valence-corrected chi connectivity index (χ4v) is 4.60. The Bertz CT molecular complexity index is 488. The Labute approximate surface area is 110 Å². The fraction of sp³-hybridized carbons (Fsp3) is 0.647. The van der Waals surface area contributed by atoms with Crippen LogP contribution in [0.4, 0.5) is 0 Å². The van der Waals surface area contributed by atoms with E-state index in [0.717, 1.165) is 11.5 Å². The van der Waals surface area contributed by atoms with E-state index in [1.54, 1.807) is 0 Å². The molecule has 3 rings (SSSR count). The molecule has 0 aliphatic heterocycles. The molecule has 0 amide bonds. The maximum atomic E-state index is 9.69. The van der Waals surface area contributed by atoms with Crippen LogP contribution in [0.15, 0.2) is 18.2 Å². The summed E-state index contributed by atoms with van der Waals surface area (Å²) in [5, 5.41) is 9.69. The lowest BCUT2D eigenvalue weighted by atomic mass is 9.65. The van der Waals surface area contributed by atoms with Crippen LogP contribution in [0, 0.1) is 23.7 Å². The van der Waals surface area contributed by atoms with Crippen LogP contribution in [-0.4, -0.2) is 5.11 Å². The van der Waals surface area contributed by atoms with E-state index in [-0.39, 0.29) is 0 Å². The minimum atomic E-state index is 0.423. The van der Waals surface area contributed by atoms with Gasteiger partial charge in [-0.2, -0.15) is 0 Å². The van der Waals surface area contributed by atoms with Gasteiger partial charge in [-0.1, -0.05) is 32.9 Å². The van der Waals surface area contributed by atoms with E-state index in [4.69, 9.17) is 0 Å². The van der Waals surface area contributed by atoms with E-state index in [1.807, 2.05) is 13.0 Å². The number of hydrogen-bond donors (Lipinski definition) is 1. The van der Waals surface area contributed by atoms with Crippen LogP contribution in [-0.2, 0) is 0 Å². The van der Waals surface area contributed by atoms with Crippen LogP contribution in [0.25, 0.3) is 0 Å². The third kappa shape index (κ3) is 1.34. The molecule has 18 heavy (non-hydrogen) atoms. The number of rotatable bonds is 1. The highest BCUT2D eigenvalue weighted by atomic mass is 16.3. The van der Waals surface area contributed by atoms with Crippen molar-refractivity contribution in [2.24, 2.45) is 16.7 Å². The first-order valence-corrected chi connectivity index (χ1v) is 7.16. The predicted molar refractivity (Wildman–Crippen MR) is 74.8 cm³/mol. The van der Waals surface area contributed by atoms with Crippen molar-refractivity contribution in [2.45, 2.75) is 52.9 Å². The molecule has 2 fully saturated rings. The van der Waals surface area contributed by atoms with Crippen molar-refractivity contribution >= 4 is 0 Å². The second-order valence-corrected chi connectivity index (χ2v) is 7.21. The minimum absolute atomic E-state index is 0.423. The zero-order valence-electron chi connectivity index (χ0n) is 12.0. The molecule has 2 saturated carbocycles. The lowest BCUT2D eigenvalue weighted by Crippen LogP contribution is -2.31. The Balaban J connectivity index is 2.02. The molecule has 2 aliphatic carbocycles. The zero-order chi connectivity index (χ0) is 13.1. The van der Waals surface area contributed by atoms with Crippen LogP contribution in [0.3, 0.4) is 0 Å². The summed E-state index contributed by atoms with van der Waals surface area (Å²) < 4.78 is 0. The van der Waals surface area contributed by atoms with Gasteiger partial charge in [0.15, 0.2) is 0 Å². The summed E-state index contributed by atoms with van der Waals surface area (Å²) in [6, 6.07) is 6.20. The highest BCUT2D eigenvalue weighted by Crippen LogP contribution is 2.70. The maximum absolute atomic E-state index is 9.69. The van der Waals surface area contributed by atoms with E-state index in [9.17, 15) is 5.11 Å². The van der Waals surface area contributed by atoms with E-state index >= 15 is 0 Å². The molecule has 0 heterocycles. The van der Waals surface area contributed by atoms with E-state index in [1.165, 1.54) is 24.8 Å². The largest absolute Gasteiger partial charge is 0.508 e. The van der Waals surface area contributed by atoms with Crippen molar-refractivity contribution < 1.29 is 5.11 Å². The van der Waals surface area contributed by atoms with Crippen molar-refractivity contribution in [3.63, 3.8) is 0 Å². The van der Waals surface area contributed by atoms with E-state index in [2.05, 4.69) is 32.9 Å².